The lowest BCUT2D eigenvalue weighted by molar-refractivity contribution is -0.182. The zero-order valence-corrected chi connectivity index (χ0v) is 15.1. The summed E-state index contributed by atoms with van der Waals surface area (Å²) in [4.78, 5) is 4.39. The third kappa shape index (κ3) is 6.86. The largest absolute Gasteiger partial charge is 0.391 e. The van der Waals surface area contributed by atoms with E-state index in [-0.39, 0.29) is 25.4 Å². The maximum absolute atomic E-state index is 12.8. The first-order valence-electron chi connectivity index (χ1n) is 9.22. The molecule has 1 aliphatic carbocycles. The van der Waals surface area contributed by atoms with E-state index in [1.807, 2.05) is 37.3 Å². The highest BCUT2D eigenvalue weighted by atomic mass is 19.4. The number of benzene rings is 1. The van der Waals surface area contributed by atoms with Crippen LogP contribution in [-0.4, -0.2) is 42.5 Å². The molecule has 0 aromatic heterocycles. The van der Waals surface area contributed by atoms with E-state index >= 15 is 0 Å². The van der Waals surface area contributed by atoms with Crippen molar-refractivity contribution in [2.75, 3.05) is 13.1 Å². The molecule has 3 N–H and O–H groups in total. The van der Waals surface area contributed by atoms with Crippen molar-refractivity contribution in [1.29, 1.82) is 0 Å². The highest BCUT2D eigenvalue weighted by Gasteiger charge is 2.41. The molecule has 1 saturated carbocycles. The first-order chi connectivity index (χ1) is 12.4. The Balaban J connectivity index is 1.83. The van der Waals surface area contributed by atoms with Crippen molar-refractivity contribution in [2.45, 2.75) is 57.3 Å². The number of aliphatic hydroxyl groups is 1. The summed E-state index contributed by atoms with van der Waals surface area (Å²) in [5, 5.41) is 16.5. The van der Waals surface area contributed by atoms with E-state index in [1.54, 1.807) is 0 Å². The molecule has 2 rings (SSSR count). The summed E-state index contributed by atoms with van der Waals surface area (Å²) < 4.78 is 38.3. The van der Waals surface area contributed by atoms with Gasteiger partial charge in [-0.1, -0.05) is 30.3 Å². The van der Waals surface area contributed by atoms with Gasteiger partial charge in [0.2, 0.25) is 0 Å². The van der Waals surface area contributed by atoms with Gasteiger partial charge in [0, 0.05) is 19.0 Å². The fraction of sp³-hybridized carbons (Fsp3) is 0.632. The van der Waals surface area contributed by atoms with Crippen LogP contribution in [0.1, 0.15) is 38.2 Å². The highest BCUT2D eigenvalue weighted by Crippen LogP contribution is 2.37. The second-order valence-corrected chi connectivity index (χ2v) is 6.80. The van der Waals surface area contributed by atoms with Gasteiger partial charge in [-0.25, -0.2) is 0 Å². The molecule has 0 bridgehead atoms. The Bertz CT molecular complexity index is 555. The molecule has 1 unspecified atom stereocenters. The van der Waals surface area contributed by atoms with Crippen molar-refractivity contribution in [3.05, 3.63) is 35.9 Å². The van der Waals surface area contributed by atoms with E-state index in [4.69, 9.17) is 0 Å². The molecular formula is C19H28F3N3O. The zero-order valence-electron chi connectivity index (χ0n) is 15.1. The van der Waals surface area contributed by atoms with Crippen LogP contribution < -0.4 is 10.6 Å². The molecule has 146 valence electrons. The number of nitrogens with zero attached hydrogens (tertiary/aromatic N) is 1. The zero-order chi connectivity index (χ0) is 19.0. The first kappa shape index (κ1) is 20.6. The number of hydrogen-bond donors (Lipinski definition) is 3. The normalized spacial score (nSPS) is 22.7. The van der Waals surface area contributed by atoms with E-state index in [9.17, 15) is 18.3 Å². The van der Waals surface area contributed by atoms with E-state index < -0.39 is 18.2 Å². The van der Waals surface area contributed by atoms with Gasteiger partial charge >= 0.3 is 6.18 Å². The number of alkyl halides is 3. The number of hydrogen-bond acceptors (Lipinski definition) is 2. The van der Waals surface area contributed by atoms with Crippen molar-refractivity contribution in [2.24, 2.45) is 10.9 Å². The van der Waals surface area contributed by atoms with Gasteiger partial charge < -0.3 is 15.7 Å². The fourth-order valence-corrected chi connectivity index (χ4v) is 3.23. The van der Waals surface area contributed by atoms with Gasteiger partial charge in [0.05, 0.1) is 18.6 Å². The second-order valence-electron chi connectivity index (χ2n) is 6.80. The van der Waals surface area contributed by atoms with Crippen molar-refractivity contribution in [3.63, 3.8) is 0 Å². The fourth-order valence-electron chi connectivity index (χ4n) is 3.23. The Morgan fingerprint density at radius 2 is 1.85 bits per heavy atom. The molecule has 1 fully saturated rings. The Hall–Kier alpha value is -1.76. The van der Waals surface area contributed by atoms with Gasteiger partial charge in [0.25, 0.3) is 0 Å². The minimum Gasteiger partial charge on any atom is -0.391 e. The predicted octanol–water partition coefficient (Wildman–Crippen LogP) is 3.27. The molecule has 7 heteroatoms. The van der Waals surface area contributed by atoms with Crippen LogP contribution in [0.3, 0.4) is 0 Å². The summed E-state index contributed by atoms with van der Waals surface area (Å²) in [5.41, 5.74) is 1.04. The monoisotopic (exact) mass is 371 g/mol. The third-order valence-electron chi connectivity index (χ3n) is 4.65. The standard InChI is InChI=1S/C19H28F3N3O/c1-2-23-18(24-13-17(26)12-14-6-4-3-5-7-14)25-16-10-8-15(9-11-16)19(20,21)22/h3-7,15-17,26H,2,8-13H2,1H3,(H2,23,24,25). The first-order valence-corrected chi connectivity index (χ1v) is 9.22. The molecule has 1 aromatic rings. The molecule has 1 aliphatic rings. The van der Waals surface area contributed by atoms with Crippen molar-refractivity contribution in [3.8, 4) is 0 Å². The minimum atomic E-state index is -4.09. The maximum atomic E-state index is 12.8. The number of rotatable bonds is 6. The lowest BCUT2D eigenvalue weighted by Crippen LogP contribution is -2.46. The Labute approximate surface area is 152 Å². The molecule has 26 heavy (non-hydrogen) atoms. The molecule has 4 nitrogen and oxygen atoms in total. The van der Waals surface area contributed by atoms with Gasteiger partial charge in [-0.3, -0.25) is 4.99 Å². The molecule has 1 aromatic carbocycles. The van der Waals surface area contributed by atoms with Crippen LogP contribution in [0.2, 0.25) is 0 Å². The van der Waals surface area contributed by atoms with Crippen LogP contribution in [0, 0.1) is 5.92 Å². The van der Waals surface area contributed by atoms with Gasteiger partial charge in [-0.2, -0.15) is 13.2 Å². The summed E-state index contributed by atoms with van der Waals surface area (Å²) in [7, 11) is 0. The average molecular weight is 371 g/mol. The highest BCUT2D eigenvalue weighted by molar-refractivity contribution is 5.80. The Morgan fingerprint density at radius 3 is 2.42 bits per heavy atom. The summed E-state index contributed by atoms with van der Waals surface area (Å²) >= 11 is 0. The van der Waals surface area contributed by atoms with Gasteiger partial charge in [-0.05, 0) is 38.2 Å². The summed E-state index contributed by atoms with van der Waals surface area (Å²) in [6.45, 7) is 2.82. The summed E-state index contributed by atoms with van der Waals surface area (Å²) in [6.07, 6.45) is -2.93. The third-order valence-corrected chi connectivity index (χ3v) is 4.65. The number of aliphatic imine (C=N–C) groups is 1. The van der Waals surface area contributed by atoms with Crippen LogP contribution in [0.4, 0.5) is 13.2 Å². The molecule has 0 aliphatic heterocycles. The van der Waals surface area contributed by atoms with Crippen molar-refractivity contribution < 1.29 is 18.3 Å². The topological polar surface area (TPSA) is 56.7 Å². The molecule has 0 saturated heterocycles. The second kappa shape index (κ2) is 9.80. The van der Waals surface area contributed by atoms with Gasteiger partial charge in [-0.15, -0.1) is 0 Å². The van der Waals surface area contributed by atoms with Crippen molar-refractivity contribution >= 4 is 5.96 Å². The molecule has 1 atom stereocenters. The molecule has 0 amide bonds. The maximum Gasteiger partial charge on any atom is 0.391 e. The Kier molecular flexibility index (Phi) is 7.75. The van der Waals surface area contributed by atoms with Gasteiger partial charge in [0.1, 0.15) is 0 Å². The molecule has 0 radical (unpaired) electrons. The average Bonchev–Trinajstić information content (AvgIpc) is 2.60. The van der Waals surface area contributed by atoms with Gasteiger partial charge in [0.15, 0.2) is 5.96 Å². The smallest absolute Gasteiger partial charge is 0.391 e. The van der Waals surface area contributed by atoms with E-state index in [2.05, 4.69) is 15.6 Å². The van der Waals surface area contributed by atoms with Crippen LogP contribution in [0.15, 0.2) is 35.3 Å². The SMILES string of the molecule is CCNC(=NCC(O)Cc1ccccc1)NC1CCC(C(F)(F)F)CC1. The van der Waals surface area contributed by atoms with Crippen LogP contribution >= 0.6 is 0 Å². The molecular weight excluding hydrogens is 343 g/mol. The lowest BCUT2D eigenvalue weighted by Gasteiger charge is -2.31. The molecule has 0 heterocycles. The molecule has 0 spiro atoms. The van der Waals surface area contributed by atoms with E-state index in [1.165, 1.54) is 0 Å². The lowest BCUT2D eigenvalue weighted by atomic mass is 9.85. The minimum absolute atomic E-state index is 0.0160. The number of aliphatic hydroxyl groups excluding tert-OH is 1. The van der Waals surface area contributed by atoms with E-state index in [0.717, 1.165) is 5.56 Å². The van der Waals surface area contributed by atoms with Crippen molar-refractivity contribution in [1.82, 2.24) is 10.6 Å². The van der Waals surface area contributed by atoms with Crippen LogP contribution in [-0.2, 0) is 6.42 Å². The quantitative estimate of drug-likeness (QED) is 0.531. The van der Waals surface area contributed by atoms with Crippen LogP contribution in [0.25, 0.3) is 0 Å². The number of guanidine groups is 1. The number of halogens is 3. The number of nitrogens with one attached hydrogen (secondary N) is 2. The van der Waals surface area contributed by atoms with Crippen LogP contribution in [0.5, 0.6) is 0 Å². The summed E-state index contributed by atoms with van der Waals surface area (Å²) in [6, 6.07) is 9.67. The predicted molar refractivity (Wildman–Crippen MR) is 97.1 cm³/mol. The summed E-state index contributed by atoms with van der Waals surface area (Å²) in [5.74, 6) is -0.636. The Morgan fingerprint density at radius 1 is 1.19 bits per heavy atom. The van der Waals surface area contributed by atoms with E-state index in [0.29, 0.717) is 31.8 Å².